The summed E-state index contributed by atoms with van der Waals surface area (Å²) < 4.78 is 10.8. The van der Waals surface area contributed by atoms with Gasteiger partial charge in [-0.2, -0.15) is 0 Å². The van der Waals surface area contributed by atoms with Gasteiger partial charge < -0.3 is 19.7 Å². The number of hydrogen-bond acceptors (Lipinski definition) is 5. The van der Waals surface area contributed by atoms with Gasteiger partial charge in [-0.05, 0) is 88.1 Å². The Labute approximate surface area is 202 Å². The minimum absolute atomic E-state index is 0.0726. The van der Waals surface area contributed by atoms with E-state index in [0.29, 0.717) is 12.8 Å². The molecule has 3 heterocycles. The fraction of sp³-hybridized carbons (Fsp3) is 0.607. The summed E-state index contributed by atoms with van der Waals surface area (Å²) in [6.45, 7) is 18.6. The summed E-state index contributed by atoms with van der Waals surface area (Å²) in [7, 11) is 0. The van der Waals surface area contributed by atoms with Crippen LogP contribution in [0.25, 0.3) is 0 Å². The Balaban J connectivity index is 0.00000187. The quantitative estimate of drug-likeness (QED) is 0.344. The zero-order valence-electron chi connectivity index (χ0n) is 21.3. The van der Waals surface area contributed by atoms with E-state index in [4.69, 9.17) is 9.47 Å². The van der Waals surface area contributed by atoms with Crippen LogP contribution in [0.2, 0.25) is 0 Å². The number of pyridine rings is 1. The second-order valence-electron chi connectivity index (χ2n) is 9.26. The molecular formula is C28H45N3O2. The van der Waals surface area contributed by atoms with Crippen LogP contribution in [-0.4, -0.2) is 37.5 Å². The van der Waals surface area contributed by atoms with Crippen molar-refractivity contribution in [2.45, 2.75) is 71.9 Å². The molecule has 184 valence electrons. The maximum Gasteiger partial charge on any atom is 0.189 e. The van der Waals surface area contributed by atoms with Gasteiger partial charge in [0.05, 0.1) is 0 Å². The van der Waals surface area contributed by atoms with Crippen LogP contribution >= 0.6 is 0 Å². The average Bonchev–Trinajstić information content (AvgIpc) is 3.08. The number of aromatic nitrogens is 1. The third kappa shape index (κ3) is 8.98. The summed E-state index contributed by atoms with van der Waals surface area (Å²) in [6, 6.07) is 4.75. The monoisotopic (exact) mass is 455 g/mol. The van der Waals surface area contributed by atoms with Gasteiger partial charge in [0.15, 0.2) is 6.79 Å². The van der Waals surface area contributed by atoms with Crippen LogP contribution in [0.1, 0.15) is 71.4 Å². The van der Waals surface area contributed by atoms with E-state index < -0.39 is 0 Å². The van der Waals surface area contributed by atoms with Crippen LogP contribution in [0.5, 0.6) is 0 Å². The molecular weight excluding hydrogens is 410 g/mol. The molecule has 0 radical (unpaired) electrons. The highest BCUT2D eigenvalue weighted by molar-refractivity contribution is 5.42. The summed E-state index contributed by atoms with van der Waals surface area (Å²) in [5.74, 6) is 3.68. The first-order valence-electron chi connectivity index (χ1n) is 12.6. The van der Waals surface area contributed by atoms with E-state index in [2.05, 4.69) is 73.4 Å². The molecule has 33 heavy (non-hydrogen) atoms. The van der Waals surface area contributed by atoms with Crippen molar-refractivity contribution < 1.29 is 9.47 Å². The molecule has 1 aromatic heterocycles. The Bertz CT molecular complexity index is 746. The van der Waals surface area contributed by atoms with Crippen molar-refractivity contribution in [3.63, 3.8) is 0 Å². The van der Waals surface area contributed by atoms with Gasteiger partial charge >= 0.3 is 0 Å². The first kappa shape index (κ1) is 27.1. The van der Waals surface area contributed by atoms with Crippen molar-refractivity contribution in [1.82, 2.24) is 10.3 Å². The minimum Gasteiger partial charge on any atom is -0.469 e. The molecule has 2 aliphatic heterocycles. The third-order valence-corrected chi connectivity index (χ3v) is 6.65. The van der Waals surface area contributed by atoms with Gasteiger partial charge in [-0.15, -0.1) is 13.2 Å². The van der Waals surface area contributed by atoms with Crippen LogP contribution in [0, 0.1) is 11.8 Å². The maximum atomic E-state index is 5.42. The molecule has 0 spiro atoms. The molecule has 0 amide bonds. The number of nitrogens with zero attached hydrogens (tertiary/aromatic N) is 2. The van der Waals surface area contributed by atoms with E-state index in [0.717, 1.165) is 55.9 Å². The highest BCUT2D eigenvalue weighted by atomic mass is 16.7. The Morgan fingerprint density at radius 1 is 1.24 bits per heavy atom. The van der Waals surface area contributed by atoms with Crippen molar-refractivity contribution in [3.05, 3.63) is 61.0 Å². The smallest absolute Gasteiger partial charge is 0.189 e. The van der Waals surface area contributed by atoms with Crippen molar-refractivity contribution in [3.8, 4) is 0 Å². The lowest BCUT2D eigenvalue weighted by atomic mass is 9.89. The second-order valence-corrected chi connectivity index (χ2v) is 9.26. The minimum atomic E-state index is 0.0726. The number of nitrogens with one attached hydrogen (secondary N) is 1. The number of unbranched alkanes of at least 4 members (excludes halogenated alkanes) is 1. The van der Waals surface area contributed by atoms with Crippen molar-refractivity contribution >= 4 is 5.82 Å². The van der Waals surface area contributed by atoms with E-state index in [1.54, 1.807) is 0 Å². The van der Waals surface area contributed by atoms with Gasteiger partial charge in [-0.3, -0.25) is 0 Å². The first-order chi connectivity index (χ1) is 16.0. The van der Waals surface area contributed by atoms with E-state index in [9.17, 15) is 0 Å². The van der Waals surface area contributed by atoms with Gasteiger partial charge in [0, 0.05) is 25.3 Å². The molecule has 0 aromatic carbocycles. The Hall–Kier alpha value is -2.11. The van der Waals surface area contributed by atoms with Crippen LogP contribution in [0.15, 0.2) is 55.5 Å². The molecule has 3 atom stereocenters. The van der Waals surface area contributed by atoms with Crippen LogP contribution in [0.4, 0.5) is 5.82 Å². The van der Waals surface area contributed by atoms with Gasteiger partial charge in [-0.1, -0.05) is 26.0 Å². The zero-order chi connectivity index (χ0) is 24.1. The summed E-state index contributed by atoms with van der Waals surface area (Å²) >= 11 is 0. The van der Waals surface area contributed by atoms with Crippen molar-refractivity contribution in [1.29, 1.82) is 0 Å². The third-order valence-electron chi connectivity index (χ3n) is 6.65. The molecule has 3 rings (SSSR count). The fourth-order valence-corrected chi connectivity index (χ4v) is 4.40. The van der Waals surface area contributed by atoms with Gasteiger partial charge in [-0.25, -0.2) is 4.98 Å². The molecule has 5 heteroatoms. The maximum absolute atomic E-state index is 5.42. The molecule has 1 N–H and O–H groups in total. The largest absolute Gasteiger partial charge is 0.469 e. The zero-order valence-corrected chi connectivity index (χ0v) is 21.3. The summed E-state index contributed by atoms with van der Waals surface area (Å²) in [4.78, 5) is 7.17. The molecule has 0 aliphatic carbocycles. The average molecular weight is 456 g/mol. The molecule has 2 aliphatic rings. The lowest BCUT2D eigenvalue weighted by Gasteiger charge is -2.24. The summed E-state index contributed by atoms with van der Waals surface area (Å²) in [6.07, 6.45) is 14.4. The number of rotatable bonds is 9. The highest BCUT2D eigenvalue weighted by Gasteiger charge is 2.20. The van der Waals surface area contributed by atoms with E-state index in [1.165, 1.54) is 24.8 Å². The van der Waals surface area contributed by atoms with E-state index in [1.807, 2.05) is 19.2 Å². The van der Waals surface area contributed by atoms with Crippen LogP contribution in [-0.2, 0) is 9.47 Å². The molecule has 2 fully saturated rings. The molecule has 2 saturated heterocycles. The summed E-state index contributed by atoms with van der Waals surface area (Å²) in [5.41, 5.74) is 1.32. The fourth-order valence-electron chi connectivity index (χ4n) is 4.40. The van der Waals surface area contributed by atoms with E-state index in [-0.39, 0.29) is 6.10 Å². The standard InChI is InChI=1S/C26H41N3O2.C2H4/c1-20(2)23-10-9-16-29(17-13-23)26-18-24(12-15-28-26)21(3)27-14-8-6-5-7-11-25-22(4)30-19-31-25;1-2/h5,7,11-12,15,18,20-23,27H,6,8-10,13-14,16-17,19H2,1-4H3;1-2H2/b7-5-,25-11+;. The Morgan fingerprint density at radius 3 is 2.79 bits per heavy atom. The molecule has 1 aromatic rings. The normalized spacial score (nSPS) is 23.3. The molecule has 3 unspecified atom stereocenters. The highest BCUT2D eigenvalue weighted by Crippen LogP contribution is 2.27. The predicted molar refractivity (Wildman–Crippen MR) is 139 cm³/mol. The molecule has 5 nitrogen and oxygen atoms in total. The molecule has 0 saturated carbocycles. The Morgan fingerprint density at radius 2 is 2.06 bits per heavy atom. The lowest BCUT2D eigenvalue weighted by molar-refractivity contribution is 0.0553. The van der Waals surface area contributed by atoms with Gasteiger partial charge in [0.2, 0.25) is 0 Å². The first-order valence-corrected chi connectivity index (χ1v) is 12.6. The van der Waals surface area contributed by atoms with Crippen molar-refractivity contribution in [2.24, 2.45) is 11.8 Å². The van der Waals surface area contributed by atoms with Crippen molar-refractivity contribution in [2.75, 3.05) is 31.3 Å². The predicted octanol–water partition coefficient (Wildman–Crippen LogP) is 6.41. The van der Waals surface area contributed by atoms with E-state index >= 15 is 0 Å². The van der Waals surface area contributed by atoms with Crippen LogP contribution < -0.4 is 10.2 Å². The Kier molecular flexibility index (Phi) is 12.3. The second kappa shape index (κ2) is 14.9. The summed E-state index contributed by atoms with van der Waals surface area (Å²) in [5, 5.41) is 3.66. The van der Waals surface area contributed by atoms with Crippen LogP contribution in [0.3, 0.4) is 0 Å². The number of hydrogen-bond donors (Lipinski definition) is 1. The van der Waals surface area contributed by atoms with Gasteiger partial charge in [0.1, 0.15) is 17.7 Å². The SMILES string of the molecule is C=C.CC1OCO/C1=C/C=C\CCCNC(C)c1ccnc(N2CCCC(C(C)C)CC2)c1. The number of anilines is 1. The molecule has 0 bridgehead atoms. The number of allylic oxidation sites excluding steroid dienone is 3. The number of ether oxygens (including phenoxy) is 2. The van der Waals surface area contributed by atoms with Gasteiger partial charge in [0.25, 0.3) is 0 Å². The topological polar surface area (TPSA) is 46.6 Å². The lowest BCUT2D eigenvalue weighted by Crippen LogP contribution is -2.26.